The van der Waals surface area contributed by atoms with Crippen molar-refractivity contribution in [3.8, 4) is 0 Å². The van der Waals surface area contributed by atoms with Crippen LogP contribution in [0, 0.1) is 17.6 Å². The lowest BCUT2D eigenvalue weighted by Gasteiger charge is -2.28. The first-order valence-corrected chi connectivity index (χ1v) is 7.32. The van der Waals surface area contributed by atoms with Gasteiger partial charge in [0.2, 0.25) is 0 Å². The molecule has 108 valence electrons. The van der Waals surface area contributed by atoms with Crippen molar-refractivity contribution in [1.29, 1.82) is 0 Å². The van der Waals surface area contributed by atoms with Gasteiger partial charge < -0.3 is 5.32 Å². The molecule has 0 aromatic heterocycles. The standard InChI is InChI=1S/C16H25F2N/c1-4-7-9-12(5-2)16(19-6-3)15-13(17)10-8-11-14(15)18/h8,10-12,16,19H,4-7,9H2,1-3H3. The summed E-state index contributed by atoms with van der Waals surface area (Å²) in [5, 5.41) is 3.26. The molecule has 0 aliphatic heterocycles. The molecule has 3 heteroatoms. The molecule has 2 atom stereocenters. The number of halogens is 2. The number of rotatable bonds is 8. The quantitative estimate of drug-likeness (QED) is 0.712. The van der Waals surface area contributed by atoms with Crippen LogP contribution in [0.5, 0.6) is 0 Å². The molecule has 0 amide bonds. The van der Waals surface area contributed by atoms with Gasteiger partial charge in [-0.1, -0.05) is 46.1 Å². The minimum atomic E-state index is -0.444. The Labute approximate surface area is 115 Å². The van der Waals surface area contributed by atoms with Crippen LogP contribution in [0.15, 0.2) is 18.2 Å². The zero-order valence-electron chi connectivity index (χ0n) is 12.2. The first-order valence-electron chi connectivity index (χ1n) is 7.32. The van der Waals surface area contributed by atoms with Gasteiger partial charge in [0, 0.05) is 11.6 Å². The maximum Gasteiger partial charge on any atom is 0.130 e. The van der Waals surface area contributed by atoms with Crippen LogP contribution < -0.4 is 5.32 Å². The Morgan fingerprint density at radius 1 is 1.11 bits per heavy atom. The number of benzene rings is 1. The lowest BCUT2D eigenvalue weighted by atomic mass is 9.86. The molecule has 0 radical (unpaired) electrons. The van der Waals surface area contributed by atoms with Crippen molar-refractivity contribution in [2.75, 3.05) is 6.54 Å². The smallest absolute Gasteiger partial charge is 0.130 e. The molecular formula is C16H25F2N. The average Bonchev–Trinajstić information content (AvgIpc) is 2.39. The Bertz CT molecular complexity index is 359. The molecule has 19 heavy (non-hydrogen) atoms. The van der Waals surface area contributed by atoms with Crippen LogP contribution in [0.2, 0.25) is 0 Å². The highest BCUT2D eigenvalue weighted by Gasteiger charge is 2.26. The van der Waals surface area contributed by atoms with Crippen LogP contribution in [0.4, 0.5) is 8.78 Å². The Balaban J connectivity index is 3.03. The van der Waals surface area contributed by atoms with Gasteiger partial charge >= 0.3 is 0 Å². The molecule has 2 unspecified atom stereocenters. The molecule has 0 bridgehead atoms. The van der Waals surface area contributed by atoms with Gasteiger partial charge in [0.05, 0.1) is 0 Å². The highest BCUT2D eigenvalue weighted by atomic mass is 19.1. The van der Waals surface area contributed by atoms with E-state index in [1.807, 2.05) is 6.92 Å². The highest BCUT2D eigenvalue weighted by molar-refractivity contribution is 5.24. The Morgan fingerprint density at radius 3 is 2.21 bits per heavy atom. The summed E-state index contributed by atoms with van der Waals surface area (Å²) in [6.45, 7) is 6.90. The van der Waals surface area contributed by atoms with Gasteiger partial charge in [-0.2, -0.15) is 0 Å². The van der Waals surface area contributed by atoms with Gasteiger partial charge in [0.15, 0.2) is 0 Å². The molecular weight excluding hydrogens is 244 g/mol. The summed E-state index contributed by atoms with van der Waals surface area (Å²) in [6, 6.07) is 3.87. The van der Waals surface area contributed by atoms with Crippen LogP contribution in [-0.2, 0) is 0 Å². The van der Waals surface area contributed by atoms with E-state index in [9.17, 15) is 8.78 Å². The largest absolute Gasteiger partial charge is 0.310 e. The summed E-state index contributed by atoms with van der Waals surface area (Å²) in [7, 11) is 0. The molecule has 0 aliphatic rings. The SMILES string of the molecule is CCCCC(CC)C(NCC)c1c(F)cccc1F. The van der Waals surface area contributed by atoms with Gasteiger partial charge in [0.1, 0.15) is 11.6 Å². The van der Waals surface area contributed by atoms with Crippen molar-refractivity contribution in [3.63, 3.8) is 0 Å². The maximum absolute atomic E-state index is 14.0. The van der Waals surface area contributed by atoms with Gasteiger partial charge in [-0.15, -0.1) is 0 Å². The van der Waals surface area contributed by atoms with Crippen molar-refractivity contribution in [2.24, 2.45) is 5.92 Å². The minimum Gasteiger partial charge on any atom is -0.310 e. The second kappa shape index (κ2) is 8.26. The van der Waals surface area contributed by atoms with Gasteiger partial charge in [0.25, 0.3) is 0 Å². The maximum atomic E-state index is 14.0. The van der Waals surface area contributed by atoms with Gasteiger partial charge in [-0.3, -0.25) is 0 Å². The number of hydrogen-bond donors (Lipinski definition) is 1. The predicted molar refractivity (Wildman–Crippen MR) is 76.1 cm³/mol. The van der Waals surface area contributed by atoms with Crippen molar-refractivity contribution < 1.29 is 8.78 Å². The molecule has 1 nitrogen and oxygen atoms in total. The summed E-state index contributed by atoms with van der Waals surface area (Å²) in [6.07, 6.45) is 4.12. The third kappa shape index (κ3) is 4.27. The molecule has 0 spiro atoms. The summed E-state index contributed by atoms with van der Waals surface area (Å²) >= 11 is 0. The molecule has 1 rings (SSSR count). The van der Waals surface area contributed by atoms with E-state index in [1.54, 1.807) is 0 Å². The van der Waals surface area contributed by atoms with E-state index in [4.69, 9.17) is 0 Å². The molecule has 1 N–H and O–H groups in total. The number of hydrogen-bond acceptors (Lipinski definition) is 1. The van der Waals surface area contributed by atoms with E-state index < -0.39 is 11.6 Å². The highest BCUT2D eigenvalue weighted by Crippen LogP contribution is 2.32. The van der Waals surface area contributed by atoms with Crippen molar-refractivity contribution in [1.82, 2.24) is 5.32 Å². The fourth-order valence-electron chi connectivity index (χ4n) is 2.60. The molecule has 1 aromatic carbocycles. The second-order valence-corrected chi connectivity index (χ2v) is 4.98. The van der Waals surface area contributed by atoms with Crippen LogP contribution in [0.25, 0.3) is 0 Å². The van der Waals surface area contributed by atoms with Crippen LogP contribution >= 0.6 is 0 Å². The van der Waals surface area contributed by atoms with Crippen LogP contribution in [-0.4, -0.2) is 6.54 Å². The molecule has 0 aliphatic carbocycles. The first-order chi connectivity index (χ1) is 9.15. The molecule has 0 saturated heterocycles. The van der Waals surface area contributed by atoms with Crippen molar-refractivity contribution >= 4 is 0 Å². The molecule has 0 heterocycles. The van der Waals surface area contributed by atoms with E-state index in [0.29, 0.717) is 6.54 Å². The summed E-state index contributed by atoms with van der Waals surface area (Å²) in [5.41, 5.74) is 0.201. The normalized spacial score (nSPS) is 14.4. The molecule has 0 saturated carbocycles. The minimum absolute atomic E-state index is 0.201. The number of nitrogens with one attached hydrogen (secondary N) is 1. The van der Waals surface area contributed by atoms with Gasteiger partial charge in [-0.05, 0) is 31.0 Å². The fourth-order valence-corrected chi connectivity index (χ4v) is 2.60. The lowest BCUT2D eigenvalue weighted by Crippen LogP contribution is -2.30. The average molecular weight is 269 g/mol. The van der Waals surface area contributed by atoms with Crippen molar-refractivity contribution in [2.45, 2.75) is 52.5 Å². The zero-order chi connectivity index (χ0) is 14.3. The Kier molecular flexibility index (Phi) is 7.00. The zero-order valence-corrected chi connectivity index (χ0v) is 12.2. The van der Waals surface area contributed by atoms with E-state index in [2.05, 4.69) is 19.2 Å². The Hall–Kier alpha value is -0.960. The first kappa shape index (κ1) is 16.1. The monoisotopic (exact) mass is 269 g/mol. The third-order valence-corrected chi connectivity index (χ3v) is 3.66. The second-order valence-electron chi connectivity index (χ2n) is 4.98. The molecule has 0 fully saturated rings. The van der Waals surface area contributed by atoms with E-state index in [0.717, 1.165) is 25.7 Å². The van der Waals surface area contributed by atoms with Gasteiger partial charge in [-0.25, -0.2) is 8.78 Å². The van der Waals surface area contributed by atoms with Crippen molar-refractivity contribution in [3.05, 3.63) is 35.4 Å². The predicted octanol–water partition coefficient (Wildman–Crippen LogP) is 4.83. The summed E-state index contributed by atoms with van der Waals surface area (Å²) < 4.78 is 27.9. The van der Waals surface area contributed by atoms with E-state index in [1.165, 1.54) is 18.2 Å². The number of unbranched alkanes of at least 4 members (excludes halogenated alkanes) is 1. The van der Waals surface area contributed by atoms with Crippen LogP contribution in [0.3, 0.4) is 0 Å². The third-order valence-electron chi connectivity index (χ3n) is 3.66. The van der Waals surface area contributed by atoms with E-state index in [-0.39, 0.29) is 17.5 Å². The molecule has 1 aromatic rings. The summed E-state index contributed by atoms with van der Waals surface area (Å²) in [4.78, 5) is 0. The lowest BCUT2D eigenvalue weighted by molar-refractivity contribution is 0.311. The summed E-state index contributed by atoms with van der Waals surface area (Å²) in [5.74, 6) is -0.618. The fraction of sp³-hybridized carbons (Fsp3) is 0.625. The van der Waals surface area contributed by atoms with E-state index >= 15 is 0 Å². The Morgan fingerprint density at radius 2 is 1.74 bits per heavy atom. The topological polar surface area (TPSA) is 12.0 Å². The van der Waals surface area contributed by atoms with Crippen LogP contribution in [0.1, 0.15) is 58.1 Å².